The zero-order valence-electron chi connectivity index (χ0n) is 8.12. The Labute approximate surface area is 78.7 Å². The molecule has 1 amide bonds. The molecule has 0 bridgehead atoms. The molecular weight excluding hydrogens is 168 g/mol. The minimum absolute atomic E-state index is 0.589. The van der Waals surface area contributed by atoms with E-state index in [2.05, 4.69) is 0 Å². The van der Waals surface area contributed by atoms with Gasteiger partial charge in [0.2, 0.25) is 0 Å². The maximum atomic E-state index is 10.9. The second kappa shape index (κ2) is 3.96. The lowest BCUT2D eigenvalue weighted by Gasteiger charge is -2.42. The molecule has 1 aliphatic heterocycles. The van der Waals surface area contributed by atoms with Gasteiger partial charge in [-0.05, 0) is 25.7 Å². The van der Waals surface area contributed by atoms with Gasteiger partial charge in [-0.2, -0.15) is 0 Å². The first-order valence-corrected chi connectivity index (χ1v) is 4.89. The molecule has 13 heavy (non-hydrogen) atoms. The number of amides is 1. The number of rotatable bonds is 2. The van der Waals surface area contributed by atoms with E-state index in [1.165, 1.54) is 4.90 Å². The van der Waals surface area contributed by atoms with Crippen LogP contribution in [0.15, 0.2) is 0 Å². The van der Waals surface area contributed by atoms with Gasteiger partial charge in [-0.15, -0.1) is 0 Å². The zero-order chi connectivity index (χ0) is 9.90. The van der Waals surface area contributed by atoms with Crippen LogP contribution in [0.3, 0.4) is 0 Å². The number of hydrogen-bond donors (Lipinski definition) is 2. The lowest BCUT2D eigenvalue weighted by molar-refractivity contribution is 0.0445. The predicted octanol–water partition coefficient (Wildman–Crippen LogP) is 1.61. The monoisotopic (exact) mass is 186 g/mol. The smallest absolute Gasteiger partial charge is 0.408 e. The molecule has 0 radical (unpaired) electrons. The van der Waals surface area contributed by atoms with Gasteiger partial charge in [-0.3, -0.25) is 4.90 Å². The fourth-order valence-corrected chi connectivity index (χ4v) is 2.04. The molecule has 1 heterocycles. The summed E-state index contributed by atoms with van der Waals surface area (Å²) in [6, 6.07) is 0. The molecule has 1 unspecified atom stereocenters. The van der Waals surface area contributed by atoms with Crippen molar-refractivity contribution in [1.82, 2.24) is 4.90 Å². The highest BCUT2D eigenvalue weighted by atomic mass is 16.4. The SMILES string of the molecule is CCCC1(N)CCCCN1C(=O)O. The Morgan fingerprint density at radius 3 is 2.85 bits per heavy atom. The topological polar surface area (TPSA) is 66.6 Å². The fraction of sp³-hybridized carbons (Fsp3) is 0.889. The predicted molar refractivity (Wildman–Crippen MR) is 50.4 cm³/mol. The zero-order valence-corrected chi connectivity index (χ0v) is 8.12. The van der Waals surface area contributed by atoms with Gasteiger partial charge in [0.25, 0.3) is 0 Å². The molecule has 1 rings (SSSR count). The van der Waals surface area contributed by atoms with Crippen LogP contribution in [0.4, 0.5) is 4.79 Å². The van der Waals surface area contributed by atoms with Gasteiger partial charge < -0.3 is 10.8 Å². The third-order valence-electron chi connectivity index (χ3n) is 2.69. The highest BCUT2D eigenvalue weighted by Gasteiger charge is 2.37. The number of nitrogens with zero attached hydrogens (tertiary/aromatic N) is 1. The van der Waals surface area contributed by atoms with E-state index in [4.69, 9.17) is 10.8 Å². The summed E-state index contributed by atoms with van der Waals surface area (Å²) in [5.74, 6) is 0. The van der Waals surface area contributed by atoms with E-state index in [-0.39, 0.29) is 0 Å². The molecule has 0 aliphatic carbocycles. The van der Waals surface area contributed by atoms with Crippen LogP contribution in [0, 0.1) is 0 Å². The van der Waals surface area contributed by atoms with Gasteiger partial charge in [0.1, 0.15) is 0 Å². The van der Waals surface area contributed by atoms with Crippen LogP contribution in [0.25, 0.3) is 0 Å². The van der Waals surface area contributed by atoms with Crippen molar-refractivity contribution in [2.75, 3.05) is 6.54 Å². The third kappa shape index (κ3) is 2.12. The second-order valence-electron chi connectivity index (χ2n) is 3.74. The number of carbonyl (C=O) groups is 1. The summed E-state index contributed by atoms with van der Waals surface area (Å²) < 4.78 is 0. The van der Waals surface area contributed by atoms with Crippen molar-refractivity contribution >= 4 is 6.09 Å². The quantitative estimate of drug-likeness (QED) is 0.688. The Morgan fingerprint density at radius 2 is 2.31 bits per heavy atom. The molecule has 4 nitrogen and oxygen atoms in total. The van der Waals surface area contributed by atoms with E-state index in [1.807, 2.05) is 6.92 Å². The molecule has 1 atom stereocenters. The van der Waals surface area contributed by atoms with E-state index in [0.717, 1.165) is 32.1 Å². The fourth-order valence-electron chi connectivity index (χ4n) is 2.04. The van der Waals surface area contributed by atoms with Crippen LogP contribution in [-0.2, 0) is 0 Å². The van der Waals surface area contributed by atoms with E-state index in [0.29, 0.717) is 6.54 Å². The Kier molecular flexibility index (Phi) is 3.14. The molecule has 0 aromatic heterocycles. The lowest BCUT2D eigenvalue weighted by atomic mass is 9.92. The first-order valence-electron chi connectivity index (χ1n) is 4.89. The number of piperidine rings is 1. The highest BCUT2D eigenvalue weighted by Crippen LogP contribution is 2.27. The molecule has 0 aromatic rings. The molecule has 1 aliphatic rings. The minimum Gasteiger partial charge on any atom is -0.465 e. The standard InChI is InChI=1S/C9H18N2O2/c1-2-5-9(10)6-3-4-7-11(9)8(12)13/h2-7,10H2,1H3,(H,12,13). The van der Waals surface area contributed by atoms with Crippen molar-refractivity contribution in [3.8, 4) is 0 Å². The van der Waals surface area contributed by atoms with Crippen molar-refractivity contribution in [1.29, 1.82) is 0 Å². The van der Waals surface area contributed by atoms with E-state index < -0.39 is 11.8 Å². The molecule has 3 N–H and O–H groups in total. The number of hydrogen-bond acceptors (Lipinski definition) is 2. The van der Waals surface area contributed by atoms with Crippen LogP contribution in [0.2, 0.25) is 0 Å². The summed E-state index contributed by atoms with van der Waals surface area (Å²) in [7, 11) is 0. The summed E-state index contributed by atoms with van der Waals surface area (Å²) in [5.41, 5.74) is 5.46. The lowest BCUT2D eigenvalue weighted by Crippen LogP contribution is -2.60. The number of carboxylic acid groups (broad SMARTS) is 1. The molecular formula is C9H18N2O2. The third-order valence-corrected chi connectivity index (χ3v) is 2.69. The van der Waals surface area contributed by atoms with Gasteiger partial charge in [0.15, 0.2) is 0 Å². The molecule has 0 aromatic carbocycles. The summed E-state index contributed by atoms with van der Waals surface area (Å²) in [5, 5.41) is 8.95. The molecule has 0 saturated carbocycles. The maximum Gasteiger partial charge on any atom is 0.408 e. The Morgan fingerprint density at radius 1 is 1.62 bits per heavy atom. The first kappa shape index (κ1) is 10.3. The van der Waals surface area contributed by atoms with Crippen LogP contribution >= 0.6 is 0 Å². The average molecular weight is 186 g/mol. The number of likely N-dealkylation sites (tertiary alicyclic amines) is 1. The Bertz CT molecular complexity index is 192. The van der Waals surface area contributed by atoms with Crippen LogP contribution in [0.5, 0.6) is 0 Å². The van der Waals surface area contributed by atoms with Gasteiger partial charge in [0, 0.05) is 6.54 Å². The second-order valence-corrected chi connectivity index (χ2v) is 3.74. The minimum atomic E-state index is -0.879. The van der Waals surface area contributed by atoms with Gasteiger partial charge in [-0.25, -0.2) is 4.79 Å². The normalized spacial score (nSPS) is 28.9. The molecule has 1 fully saturated rings. The van der Waals surface area contributed by atoms with Crippen LogP contribution < -0.4 is 5.73 Å². The van der Waals surface area contributed by atoms with Crippen molar-refractivity contribution in [2.45, 2.75) is 44.7 Å². The summed E-state index contributed by atoms with van der Waals surface area (Å²) in [6.45, 7) is 2.62. The summed E-state index contributed by atoms with van der Waals surface area (Å²) >= 11 is 0. The van der Waals surface area contributed by atoms with Crippen LogP contribution in [-0.4, -0.2) is 28.3 Å². The van der Waals surface area contributed by atoms with E-state index in [1.54, 1.807) is 0 Å². The van der Waals surface area contributed by atoms with Crippen molar-refractivity contribution in [3.05, 3.63) is 0 Å². The molecule has 0 spiro atoms. The van der Waals surface area contributed by atoms with Crippen molar-refractivity contribution in [3.63, 3.8) is 0 Å². The largest absolute Gasteiger partial charge is 0.465 e. The molecule has 4 heteroatoms. The summed E-state index contributed by atoms with van der Waals surface area (Å²) in [6.07, 6.45) is 3.60. The van der Waals surface area contributed by atoms with Gasteiger partial charge in [-0.1, -0.05) is 13.3 Å². The summed E-state index contributed by atoms with van der Waals surface area (Å²) in [4.78, 5) is 12.3. The molecule has 1 saturated heterocycles. The first-order chi connectivity index (χ1) is 6.10. The van der Waals surface area contributed by atoms with Crippen molar-refractivity contribution < 1.29 is 9.90 Å². The van der Waals surface area contributed by atoms with E-state index in [9.17, 15) is 4.79 Å². The van der Waals surface area contributed by atoms with Crippen molar-refractivity contribution in [2.24, 2.45) is 5.73 Å². The number of nitrogens with two attached hydrogens (primary N) is 1. The molecule has 76 valence electrons. The average Bonchev–Trinajstić information content (AvgIpc) is 2.04. The highest BCUT2D eigenvalue weighted by molar-refractivity contribution is 5.66. The Balaban J connectivity index is 2.70. The maximum absolute atomic E-state index is 10.9. The van der Waals surface area contributed by atoms with Crippen LogP contribution in [0.1, 0.15) is 39.0 Å². The van der Waals surface area contributed by atoms with Gasteiger partial charge >= 0.3 is 6.09 Å². The van der Waals surface area contributed by atoms with E-state index >= 15 is 0 Å². The Hall–Kier alpha value is -0.770. The van der Waals surface area contributed by atoms with Gasteiger partial charge in [0.05, 0.1) is 5.66 Å².